The number of hydrogen-bond acceptors (Lipinski definition) is 2. The van der Waals surface area contributed by atoms with Crippen LogP contribution in [0.15, 0.2) is 0 Å². The molecule has 1 atom stereocenters. The highest BCUT2D eigenvalue weighted by atomic mass is 16.6. The maximum absolute atomic E-state index is 5.31. The van der Waals surface area contributed by atoms with Crippen molar-refractivity contribution >= 4 is 0 Å². The van der Waals surface area contributed by atoms with Gasteiger partial charge in [-0.05, 0) is 37.8 Å². The van der Waals surface area contributed by atoms with Crippen molar-refractivity contribution in [2.24, 2.45) is 11.8 Å². The molecule has 1 aliphatic rings. The average Bonchev–Trinajstić information content (AvgIpc) is 2.93. The van der Waals surface area contributed by atoms with E-state index in [1.165, 1.54) is 25.9 Å². The van der Waals surface area contributed by atoms with E-state index in [0.29, 0.717) is 6.10 Å². The quantitative estimate of drug-likeness (QED) is 0.576. The van der Waals surface area contributed by atoms with Crippen molar-refractivity contribution < 1.29 is 4.74 Å². The first-order chi connectivity index (χ1) is 7.08. The van der Waals surface area contributed by atoms with Gasteiger partial charge in [-0.2, -0.15) is 0 Å². The second-order valence-corrected chi connectivity index (χ2v) is 5.62. The molecule has 1 unspecified atom stereocenters. The fraction of sp³-hybridized carbons (Fsp3) is 1.00. The van der Waals surface area contributed by atoms with Crippen LogP contribution in [-0.4, -0.2) is 37.2 Å². The maximum Gasteiger partial charge on any atom is 0.0936 e. The van der Waals surface area contributed by atoms with Gasteiger partial charge in [0, 0.05) is 6.54 Å². The third-order valence-corrected chi connectivity index (χ3v) is 2.91. The van der Waals surface area contributed by atoms with Crippen LogP contribution in [0.1, 0.15) is 40.5 Å². The molecule has 0 spiro atoms. The predicted molar refractivity (Wildman–Crippen MR) is 65.1 cm³/mol. The Hall–Kier alpha value is -0.0800. The van der Waals surface area contributed by atoms with Crippen LogP contribution < -0.4 is 0 Å². The van der Waals surface area contributed by atoms with Crippen molar-refractivity contribution in [1.82, 2.24) is 4.90 Å². The molecule has 1 heterocycles. The summed E-state index contributed by atoms with van der Waals surface area (Å²) in [5.74, 6) is 1.62. The minimum absolute atomic E-state index is 0.546. The van der Waals surface area contributed by atoms with Crippen LogP contribution in [0, 0.1) is 11.8 Å². The third-order valence-electron chi connectivity index (χ3n) is 2.91. The zero-order valence-electron chi connectivity index (χ0n) is 10.8. The van der Waals surface area contributed by atoms with E-state index in [9.17, 15) is 0 Å². The second kappa shape index (κ2) is 6.49. The Morgan fingerprint density at radius 3 is 1.87 bits per heavy atom. The molecule has 1 saturated heterocycles. The van der Waals surface area contributed by atoms with E-state index in [0.717, 1.165) is 25.0 Å². The molecule has 1 fully saturated rings. The molecular weight excluding hydrogens is 186 g/mol. The van der Waals surface area contributed by atoms with E-state index in [1.807, 2.05) is 0 Å². The zero-order chi connectivity index (χ0) is 11.3. The number of ether oxygens (including phenoxy) is 1. The first-order valence-electron chi connectivity index (χ1n) is 6.42. The third kappa shape index (κ3) is 6.91. The Kier molecular flexibility index (Phi) is 5.62. The molecule has 90 valence electrons. The molecule has 1 rings (SSSR count). The first kappa shape index (κ1) is 13.0. The maximum atomic E-state index is 5.31. The number of epoxide rings is 1. The summed E-state index contributed by atoms with van der Waals surface area (Å²) in [6.07, 6.45) is 3.17. The summed E-state index contributed by atoms with van der Waals surface area (Å²) in [5, 5.41) is 0. The monoisotopic (exact) mass is 213 g/mol. The van der Waals surface area contributed by atoms with Crippen molar-refractivity contribution in [3.8, 4) is 0 Å². The van der Waals surface area contributed by atoms with Crippen LogP contribution in [0.2, 0.25) is 0 Å². The lowest BCUT2D eigenvalue weighted by atomic mass is 10.1. The summed E-state index contributed by atoms with van der Waals surface area (Å²) in [5.41, 5.74) is 0. The fourth-order valence-corrected chi connectivity index (χ4v) is 1.64. The SMILES string of the molecule is CC(C)CCN(CCC(C)C)CC1CO1. The van der Waals surface area contributed by atoms with Gasteiger partial charge >= 0.3 is 0 Å². The number of rotatable bonds is 8. The van der Waals surface area contributed by atoms with Gasteiger partial charge in [-0.25, -0.2) is 0 Å². The molecule has 0 aliphatic carbocycles. The van der Waals surface area contributed by atoms with E-state index in [4.69, 9.17) is 4.74 Å². The summed E-state index contributed by atoms with van der Waals surface area (Å²) >= 11 is 0. The second-order valence-electron chi connectivity index (χ2n) is 5.62. The van der Waals surface area contributed by atoms with Gasteiger partial charge < -0.3 is 9.64 Å². The summed E-state index contributed by atoms with van der Waals surface area (Å²) in [6.45, 7) is 13.8. The van der Waals surface area contributed by atoms with Crippen LogP contribution in [0.25, 0.3) is 0 Å². The normalized spacial score (nSPS) is 20.6. The van der Waals surface area contributed by atoms with Crippen LogP contribution in [0.3, 0.4) is 0 Å². The van der Waals surface area contributed by atoms with Gasteiger partial charge in [-0.15, -0.1) is 0 Å². The zero-order valence-corrected chi connectivity index (χ0v) is 10.8. The highest BCUT2D eigenvalue weighted by Crippen LogP contribution is 2.13. The summed E-state index contributed by atoms with van der Waals surface area (Å²) in [7, 11) is 0. The van der Waals surface area contributed by atoms with Crippen molar-refractivity contribution in [1.29, 1.82) is 0 Å². The van der Waals surface area contributed by atoms with Gasteiger partial charge in [0.25, 0.3) is 0 Å². The predicted octanol–water partition coefficient (Wildman–Crippen LogP) is 2.78. The summed E-state index contributed by atoms with van der Waals surface area (Å²) in [4.78, 5) is 2.58. The molecule has 0 radical (unpaired) electrons. The number of hydrogen-bond donors (Lipinski definition) is 0. The molecule has 0 amide bonds. The van der Waals surface area contributed by atoms with Gasteiger partial charge in [0.2, 0.25) is 0 Å². The van der Waals surface area contributed by atoms with E-state index in [1.54, 1.807) is 0 Å². The van der Waals surface area contributed by atoms with Crippen LogP contribution in [-0.2, 0) is 4.74 Å². The standard InChI is InChI=1S/C13H27NO/c1-11(2)5-7-14(8-6-12(3)4)9-13-10-15-13/h11-13H,5-10H2,1-4H3. The molecule has 0 bridgehead atoms. The van der Waals surface area contributed by atoms with Crippen molar-refractivity contribution in [3.63, 3.8) is 0 Å². The average molecular weight is 213 g/mol. The minimum Gasteiger partial charge on any atom is -0.372 e. The molecule has 0 aromatic heterocycles. The molecule has 2 heteroatoms. The fourth-order valence-electron chi connectivity index (χ4n) is 1.64. The van der Waals surface area contributed by atoms with Crippen LogP contribution in [0.4, 0.5) is 0 Å². The molecule has 1 aliphatic heterocycles. The largest absolute Gasteiger partial charge is 0.372 e. The van der Waals surface area contributed by atoms with E-state index in [-0.39, 0.29) is 0 Å². The van der Waals surface area contributed by atoms with Crippen molar-refractivity contribution in [2.45, 2.75) is 46.6 Å². The van der Waals surface area contributed by atoms with Gasteiger partial charge in [0.1, 0.15) is 0 Å². The Balaban J connectivity index is 2.17. The lowest BCUT2D eigenvalue weighted by Gasteiger charge is -2.23. The molecular formula is C13H27NO. The molecule has 0 N–H and O–H groups in total. The van der Waals surface area contributed by atoms with Crippen molar-refractivity contribution in [3.05, 3.63) is 0 Å². The van der Waals surface area contributed by atoms with Gasteiger partial charge in [-0.1, -0.05) is 27.7 Å². The van der Waals surface area contributed by atoms with E-state index in [2.05, 4.69) is 32.6 Å². The van der Waals surface area contributed by atoms with Crippen molar-refractivity contribution in [2.75, 3.05) is 26.2 Å². The van der Waals surface area contributed by atoms with Gasteiger partial charge in [0.05, 0.1) is 12.7 Å². The summed E-state index contributed by atoms with van der Waals surface area (Å²) in [6, 6.07) is 0. The number of nitrogens with zero attached hydrogens (tertiary/aromatic N) is 1. The topological polar surface area (TPSA) is 15.8 Å². The van der Waals surface area contributed by atoms with Gasteiger partial charge in [-0.3, -0.25) is 0 Å². The van der Waals surface area contributed by atoms with E-state index < -0.39 is 0 Å². The van der Waals surface area contributed by atoms with Gasteiger partial charge in [0.15, 0.2) is 0 Å². The lowest BCUT2D eigenvalue weighted by Crippen LogP contribution is -2.31. The highest BCUT2D eigenvalue weighted by molar-refractivity contribution is 4.75. The molecule has 15 heavy (non-hydrogen) atoms. The smallest absolute Gasteiger partial charge is 0.0936 e. The Bertz CT molecular complexity index is 152. The Morgan fingerprint density at radius 1 is 1.07 bits per heavy atom. The molecule has 2 nitrogen and oxygen atoms in total. The van der Waals surface area contributed by atoms with E-state index >= 15 is 0 Å². The Labute approximate surface area is 95.0 Å². The Morgan fingerprint density at radius 2 is 1.53 bits per heavy atom. The van der Waals surface area contributed by atoms with Crippen LogP contribution >= 0.6 is 0 Å². The minimum atomic E-state index is 0.546. The molecule has 0 saturated carbocycles. The highest BCUT2D eigenvalue weighted by Gasteiger charge is 2.25. The lowest BCUT2D eigenvalue weighted by molar-refractivity contribution is 0.219. The molecule has 0 aromatic carbocycles. The molecule has 0 aromatic rings. The summed E-state index contributed by atoms with van der Waals surface area (Å²) < 4.78 is 5.31. The van der Waals surface area contributed by atoms with Crippen LogP contribution in [0.5, 0.6) is 0 Å². The first-order valence-corrected chi connectivity index (χ1v) is 6.42.